The summed E-state index contributed by atoms with van der Waals surface area (Å²) in [6, 6.07) is 1.90. The number of hydrogen-bond acceptors (Lipinski definition) is 6. The highest BCUT2D eigenvalue weighted by atomic mass is 16.5. The standard InChI is InChI=1S/C20H26N4O4/c1-24-18(20(26)28-3)17(23-16(25)12-27-2)15-9-14(11-22-19(15)24)21-10-13-7-5-4-6-8-13/h4-5,9,11,13,21H,6-8,10,12H2,1-3H3,(H,23,25)/t13-/m0/s1. The summed E-state index contributed by atoms with van der Waals surface area (Å²) >= 11 is 0. The van der Waals surface area contributed by atoms with E-state index in [0.29, 0.717) is 22.6 Å². The molecule has 1 aliphatic rings. The number of allylic oxidation sites excluding steroid dienone is 2. The van der Waals surface area contributed by atoms with Crippen LogP contribution in [0.4, 0.5) is 11.4 Å². The minimum atomic E-state index is -0.545. The maximum atomic E-state index is 12.3. The topological polar surface area (TPSA) is 94.5 Å². The Morgan fingerprint density at radius 3 is 2.82 bits per heavy atom. The molecular weight excluding hydrogens is 360 g/mol. The van der Waals surface area contributed by atoms with Crippen LogP contribution in [-0.2, 0) is 21.3 Å². The number of rotatable bonds is 7. The summed E-state index contributed by atoms with van der Waals surface area (Å²) in [6.07, 6.45) is 9.52. The third-order valence-electron chi connectivity index (χ3n) is 4.92. The van der Waals surface area contributed by atoms with Gasteiger partial charge in [-0.3, -0.25) is 4.79 Å². The van der Waals surface area contributed by atoms with Gasteiger partial charge in [-0.2, -0.15) is 0 Å². The van der Waals surface area contributed by atoms with Crippen LogP contribution >= 0.6 is 0 Å². The first-order chi connectivity index (χ1) is 13.5. The first kappa shape index (κ1) is 19.9. The molecule has 8 nitrogen and oxygen atoms in total. The van der Waals surface area contributed by atoms with Crippen molar-refractivity contribution in [2.24, 2.45) is 13.0 Å². The van der Waals surface area contributed by atoms with Gasteiger partial charge in [0.25, 0.3) is 0 Å². The first-order valence-corrected chi connectivity index (χ1v) is 9.29. The number of hydrogen-bond donors (Lipinski definition) is 2. The predicted octanol–water partition coefficient (Wildman–Crippen LogP) is 2.71. The van der Waals surface area contributed by atoms with Gasteiger partial charge >= 0.3 is 5.97 Å². The molecule has 0 aliphatic heterocycles. The van der Waals surface area contributed by atoms with E-state index >= 15 is 0 Å². The number of amides is 1. The number of pyridine rings is 1. The highest BCUT2D eigenvalue weighted by Crippen LogP contribution is 2.32. The van der Waals surface area contributed by atoms with Crippen LogP contribution in [-0.4, -0.2) is 48.8 Å². The fourth-order valence-electron chi connectivity index (χ4n) is 3.48. The molecule has 1 amide bonds. The van der Waals surface area contributed by atoms with Gasteiger partial charge in [-0.1, -0.05) is 12.2 Å². The van der Waals surface area contributed by atoms with Crippen LogP contribution in [0.3, 0.4) is 0 Å². The molecule has 8 heteroatoms. The number of nitrogens with one attached hydrogen (secondary N) is 2. The predicted molar refractivity (Wildman–Crippen MR) is 108 cm³/mol. The molecule has 2 heterocycles. The maximum absolute atomic E-state index is 12.3. The molecule has 150 valence electrons. The Labute approximate surface area is 163 Å². The SMILES string of the molecule is COCC(=O)Nc1c(C(=O)OC)n(C)c2ncc(NC[C@H]3CC=CCC3)cc12. The lowest BCUT2D eigenvalue weighted by Gasteiger charge is -2.18. The molecule has 0 fully saturated rings. The number of anilines is 2. The number of fused-ring (bicyclic) bond motifs is 1. The second-order valence-electron chi connectivity index (χ2n) is 6.88. The number of aryl methyl sites for hydroxylation is 1. The molecular formula is C20H26N4O4. The molecule has 0 radical (unpaired) electrons. The van der Waals surface area contributed by atoms with E-state index in [4.69, 9.17) is 9.47 Å². The molecule has 0 unspecified atom stereocenters. The van der Waals surface area contributed by atoms with Gasteiger partial charge in [0.1, 0.15) is 12.3 Å². The lowest BCUT2D eigenvalue weighted by molar-refractivity contribution is -0.119. The molecule has 0 spiro atoms. The Morgan fingerprint density at radius 1 is 1.32 bits per heavy atom. The summed E-state index contributed by atoms with van der Waals surface area (Å²) in [5, 5.41) is 6.85. The quantitative estimate of drug-likeness (QED) is 0.561. The smallest absolute Gasteiger partial charge is 0.356 e. The number of nitrogens with zero attached hydrogens (tertiary/aromatic N) is 2. The number of carbonyl (C=O) groups is 2. The van der Waals surface area contributed by atoms with Crippen molar-refractivity contribution in [3.05, 3.63) is 30.1 Å². The highest BCUT2D eigenvalue weighted by molar-refractivity contribution is 6.11. The summed E-state index contributed by atoms with van der Waals surface area (Å²) in [6.45, 7) is 0.733. The molecule has 2 N–H and O–H groups in total. The van der Waals surface area contributed by atoms with Crippen LogP contribution < -0.4 is 10.6 Å². The van der Waals surface area contributed by atoms with E-state index in [1.165, 1.54) is 14.2 Å². The largest absolute Gasteiger partial charge is 0.464 e. The van der Waals surface area contributed by atoms with Crippen molar-refractivity contribution in [1.29, 1.82) is 0 Å². The Kier molecular flexibility index (Phi) is 6.30. The van der Waals surface area contributed by atoms with E-state index in [0.717, 1.165) is 31.5 Å². The van der Waals surface area contributed by atoms with Crippen LogP contribution in [0.1, 0.15) is 29.8 Å². The Morgan fingerprint density at radius 2 is 2.14 bits per heavy atom. The molecule has 0 saturated heterocycles. The van der Waals surface area contributed by atoms with Crippen molar-refractivity contribution in [2.45, 2.75) is 19.3 Å². The molecule has 0 saturated carbocycles. The average molecular weight is 386 g/mol. The Hall–Kier alpha value is -2.87. The van der Waals surface area contributed by atoms with Crippen LogP contribution in [0.2, 0.25) is 0 Å². The van der Waals surface area contributed by atoms with Gasteiger partial charge in [-0.25, -0.2) is 9.78 Å². The van der Waals surface area contributed by atoms with Crippen molar-refractivity contribution in [3.63, 3.8) is 0 Å². The van der Waals surface area contributed by atoms with E-state index in [-0.39, 0.29) is 18.2 Å². The monoisotopic (exact) mass is 386 g/mol. The van der Waals surface area contributed by atoms with Crippen LogP contribution in [0.5, 0.6) is 0 Å². The number of ether oxygens (including phenoxy) is 2. The normalized spacial score (nSPS) is 16.2. The molecule has 1 aliphatic carbocycles. The van der Waals surface area contributed by atoms with Gasteiger partial charge in [0.05, 0.1) is 24.7 Å². The zero-order chi connectivity index (χ0) is 20.1. The molecule has 1 atom stereocenters. The third-order valence-corrected chi connectivity index (χ3v) is 4.92. The summed E-state index contributed by atoms with van der Waals surface area (Å²) in [5.74, 6) is -0.313. The number of methoxy groups -OCH3 is 2. The van der Waals surface area contributed by atoms with E-state index in [9.17, 15) is 9.59 Å². The molecule has 3 rings (SSSR count). The van der Waals surface area contributed by atoms with E-state index in [1.807, 2.05) is 6.07 Å². The summed E-state index contributed by atoms with van der Waals surface area (Å²) in [7, 11) is 4.46. The number of aromatic nitrogens is 2. The molecule has 28 heavy (non-hydrogen) atoms. The van der Waals surface area contributed by atoms with Crippen molar-refractivity contribution >= 4 is 34.3 Å². The van der Waals surface area contributed by atoms with Crippen LogP contribution in [0, 0.1) is 5.92 Å². The van der Waals surface area contributed by atoms with Crippen LogP contribution in [0.15, 0.2) is 24.4 Å². The summed E-state index contributed by atoms with van der Waals surface area (Å²) < 4.78 is 11.4. The van der Waals surface area contributed by atoms with E-state index in [1.54, 1.807) is 17.8 Å². The van der Waals surface area contributed by atoms with Gasteiger partial charge in [0.2, 0.25) is 5.91 Å². The van der Waals surface area contributed by atoms with Crippen LogP contribution in [0.25, 0.3) is 11.0 Å². The summed E-state index contributed by atoms with van der Waals surface area (Å²) in [5.41, 5.74) is 2.04. The summed E-state index contributed by atoms with van der Waals surface area (Å²) in [4.78, 5) is 28.9. The maximum Gasteiger partial charge on any atom is 0.356 e. The molecule has 2 aromatic heterocycles. The fourth-order valence-corrected chi connectivity index (χ4v) is 3.48. The first-order valence-electron chi connectivity index (χ1n) is 9.29. The molecule has 0 bridgehead atoms. The molecule has 2 aromatic rings. The van der Waals surface area contributed by atoms with Crippen molar-refractivity contribution < 1.29 is 19.1 Å². The Bertz CT molecular complexity index is 903. The number of esters is 1. The van der Waals surface area contributed by atoms with Gasteiger partial charge < -0.3 is 24.7 Å². The number of carbonyl (C=O) groups excluding carboxylic acids is 2. The lowest BCUT2D eigenvalue weighted by Crippen LogP contribution is -2.19. The fraction of sp³-hybridized carbons (Fsp3) is 0.450. The second-order valence-corrected chi connectivity index (χ2v) is 6.88. The van der Waals surface area contributed by atoms with Gasteiger partial charge in [-0.15, -0.1) is 0 Å². The average Bonchev–Trinajstić information content (AvgIpc) is 2.98. The minimum Gasteiger partial charge on any atom is -0.464 e. The van der Waals surface area contributed by atoms with Crippen molar-refractivity contribution in [3.8, 4) is 0 Å². The Balaban J connectivity index is 1.93. The van der Waals surface area contributed by atoms with Gasteiger partial charge in [0.15, 0.2) is 5.69 Å². The van der Waals surface area contributed by atoms with Gasteiger partial charge in [0, 0.05) is 26.1 Å². The highest BCUT2D eigenvalue weighted by Gasteiger charge is 2.24. The zero-order valence-corrected chi connectivity index (χ0v) is 16.4. The van der Waals surface area contributed by atoms with Gasteiger partial charge in [-0.05, 0) is 31.2 Å². The molecule has 0 aromatic carbocycles. The van der Waals surface area contributed by atoms with Crippen molar-refractivity contribution in [1.82, 2.24) is 9.55 Å². The van der Waals surface area contributed by atoms with E-state index in [2.05, 4.69) is 27.8 Å². The zero-order valence-electron chi connectivity index (χ0n) is 16.4. The minimum absolute atomic E-state index is 0.114. The van der Waals surface area contributed by atoms with Crippen molar-refractivity contribution in [2.75, 3.05) is 38.0 Å². The van der Waals surface area contributed by atoms with E-state index < -0.39 is 5.97 Å². The second kappa shape index (κ2) is 8.88. The third kappa shape index (κ3) is 4.17. The lowest BCUT2D eigenvalue weighted by atomic mass is 9.94.